The molecule has 2 aromatic heterocycles. The van der Waals surface area contributed by atoms with Crippen LogP contribution in [0.5, 0.6) is 11.5 Å². The Labute approximate surface area is 227 Å². The molecule has 0 fully saturated rings. The maximum atomic E-state index is 12.4. The van der Waals surface area contributed by atoms with E-state index in [1.807, 2.05) is 29.8 Å². The van der Waals surface area contributed by atoms with Crippen LogP contribution in [0.15, 0.2) is 54.7 Å². The second kappa shape index (κ2) is 11.8. The minimum absolute atomic E-state index is 0. The van der Waals surface area contributed by atoms with Crippen LogP contribution in [-0.4, -0.2) is 39.4 Å². The molecule has 9 nitrogen and oxygen atoms in total. The molecule has 204 valence electrons. The van der Waals surface area contributed by atoms with Crippen LogP contribution in [-0.2, 0) is 18.3 Å². The fourth-order valence-electron chi connectivity index (χ4n) is 4.26. The van der Waals surface area contributed by atoms with E-state index in [0.29, 0.717) is 30.5 Å². The summed E-state index contributed by atoms with van der Waals surface area (Å²) in [6.07, 6.45) is 2.53. The van der Waals surface area contributed by atoms with Gasteiger partial charge in [0.15, 0.2) is 0 Å². The summed E-state index contributed by atoms with van der Waals surface area (Å²) >= 11 is 0. The van der Waals surface area contributed by atoms with E-state index >= 15 is 0 Å². The molecule has 9 heteroatoms. The molecule has 4 rings (SSSR count). The molecular weight excluding hydrogens is 480 g/mol. The number of ether oxygens (including phenoxy) is 1. The molecule has 38 heavy (non-hydrogen) atoms. The first-order valence-corrected chi connectivity index (χ1v) is 12.8. The smallest absolute Gasteiger partial charge is 0.270 e. The number of amides is 2. The van der Waals surface area contributed by atoms with E-state index in [4.69, 9.17) is 9.72 Å². The zero-order chi connectivity index (χ0) is 27.2. The highest BCUT2D eigenvalue weighted by molar-refractivity contribution is 5.92. The molecule has 0 aliphatic heterocycles. The molecule has 0 saturated carbocycles. The number of aromatic nitrogens is 3. The summed E-state index contributed by atoms with van der Waals surface area (Å²) in [5, 5.41) is 8.81. The van der Waals surface area contributed by atoms with Gasteiger partial charge in [0.1, 0.15) is 17.2 Å². The maximum Gasteiger partial charge on any atom is 0.270 e. The summed E-state index contributed by atoms with van der Waals surface area (Å²) in [6, 6.07) is 15.4. The standard InChI is InChI=1S/C29H34N6O3.3H2/c1-6-20-7-8-21(15-24(20)18(2)3)33-29-34-25-16-22(9-10-27(25)35(29)5)38-23-11-12-31-26(17-23)28(37)32-14-13-30-19(4)36;;;/h7-12,15-18H,6,13-14H2,1-5H3,(H,30,36)(H,32,37)(H,33,34);3*1H. The lowest BCUT2D eigenvalue weighted by Crippen LogP contribution is -2.33. The number of anilines is 2. The second-order valence-electron chi connectivity index (χ2n) is 9.41. The molecule has 4 aromatic rings. The predicted molar refractivity (Wildman–Crippen MR) is 156 cm³/mol. The first-order chi connectivity index (χ1) is 18.2. The number of imidazole rings is 1. The fourth-order valence-corrected chi connectivity index (χ4v) is 4.26. The normalized spacial score (nSPS) is 11.0. The molecule has 0 spiro atoms. The zero-order valence-electron chi connectivity index (χ0n) is 22.5. The molecule has 0 unspecified atom stereocenters. The van der Waals surface area contributed by atoms with Crippen LogP contribution in [0.4, 0.5) is 11.6 Å². The van der Waals surface area contributed by atoms with Gasteiger partial charge in [0.25, 0.3) is 5.91 Å². The number of hydrogen-bond donors (Lipinski definition) is 3. The maximum absolute atomic E-state index is 12.4. The topological polar surface area (TPSA) is 110 Å². The molecular formula is C29H40N6O3. The first-order valence-electron chi connectivity index (χ1n) is 12.8. The van der Waals surface area contributed by atoms with Gasteiger partial charge < -0.3 is 25.3 Å². The van der Waals surface area contributed by atoms with E-state index in [-0.39, 0.29) is 21.8 Å². The van der Waals surface area contributed by atoms with Crippen LogP contribution in [0.2, 0.25) is 0 Å². The summed E-state index contributed by atoms with van der Waals surface area (Å²) < 4.78 is 8.03. The van der Waals surface area contributed by atoms with Gasteiger partial charge in [-0.3, -0.25) is 14.6 Å². The molecule has 0 aliphatic carbocycles. The molecule has 3 N–H and O–H groups in total. The largest absolute Gasteiger partial charge is 0.457 e. The Morgan fingerprint density at radius 2 is 1.79 bits per heavy atom. The number of nitrogens with zero attached hydrogens (tertiary/aromatic N) is 3. The summed E-state index contributed by atoms with van der Waals surface area (Å²) in [7, 11) is 1.97. The minimum Gasteiger partial charge on any atom is -0.457 e. The highest BCUT2D eigenvalue weighted by atomic mass is 16.5. The number of pyridine rings is 1. The van der Waals surface area contributed by atoms with Gasteiger partial charge in [-0.05, 0) is 53.8 Å². The highest BCUT2D eigenvalue weighted by Gasteiger charge is 2.13. The fraction of sp³-hybridized carbons (Fsp3) is 0.310. The molecule has 0 saturated heterocycles. The van der Waals surface area contributed by atoms with Gasteiger partial charge in [-0.15, -0.1) is 0 Å². The molecule has 0 atom stereocenters. The van der Waals surface area contributed by atoms with E-state index in [2.05, 4.69) is 59.9 Å². The predicted octanol–water partition coefficient (Wildman–Crippen LogP) is 5.79. The van der Waals surface area contributed by atoms with Crippen molar-refractivity contribution >= 4 is 34.5 Å². The van der Waals surface area contributed by atoms with Gasteiger partial charge in [0.2, 0.25) is 11.9 Å². The first kappa shape index (κ1) is 26.7. The summed E-state index contributed by atoms with van der Waals surface area (Å²) in [6.45, 7) is 8.68. The van der Waals surface area contributed by atoms with E-state index in [1.165, 1.54) is 24.2 Å². The lowest BCUT2D eigenvalue weighted by atomic mass is 9.95. The van der Waals surface area contributed by atoms with Crippen LogP contribution < -0.4 is 20.7 Å². The third-order valence-corrected chi connectivity index (χ3v) is 6.24. The third kappa shape index (κ3) is 6.29. The number of fused-ring (bicyclic) bond motifs is 1. The van der Waals surface area contributed by atoms with Crippen LogP contribution in [0.3, 0.4) is 0 Å². The summed E-state index contributed by atoms with van der Waals surface area (Å²) in [5.41, 5.74) is 5.67. The lowest BCUT2D eigenvalue weighted by Gasteiger charge is -2.14. The van der Waals surface area contributed by atoms with Gasteiger partial charge in [0, 0.05) is 55.4 Å². The molecule has 0 aliphatic rings. The van der Waals surface area contributed by atoms with Gasteiger partial charge in [-0.2, -0.15) is 0 Å². The van der Waals surface area contributed by atoms with E-state index in [1.54, 1.807) is 12.1 Å². The molecule has 2 aromatic carbocycles. The van der Waals surface area contributed by atoms with Crippen molar-refractivity contribution in [2.45, 2.75) is 40.0 Å². The van der Waals surface area contributed by atoms with Gasteiger partial charge in [-0.25, -0.2) is 4.98 Å². The van der Waals surface area contributed by atoms with Crippen molar-refractivity contribution in [1.82, 2.24) is 25.2 Å². The van der Waals surface area contributed by atoms with Crippen LogP contribution >= 0.6 is 0 Å². The Hall–Kier alpha value is -4.40. The Kier molecular flexibility index (Phi) is 8.25. The monoisotopic (exact) mass is 520 g/mol. The summed E-state index contributed by atoms with van der Waals surface area (Å²) in [5.74, 6) is 1.77. The van der Waals surface area contributed by atoms with E-state index < -0.39 is 0 Å². The highest BCUT2D eigenvalue weighted by Crippen LogP contribution is 2.30. The van der Waals surface area contributed by atoms with Crippen molar-refractivity contribution in [3.8, 4) is 11.5 Å². The van der Waals surface area contributed by atoms with Crippen LogP contribution in [0.1, 0.15) is 59.5 Å². The van der Waals surface area contributed by atoms with Gasteiger partial charge in [-0.1, -0.05) is 26.8 Å². The third-order valence-electron chi connectivity index (χ3n) is 6.24. The average Bonchev–Trinajstić information content (AvgIpc) is 3.20. The number of nitrogens with one attached hydrogen (secondary N) is 3. The Bertz CT molecular complexity index is 1480. The number of aryl methyl sites for hydroxylation is 2. The van der Waals surface area contributed by atoms with Crippen molar-refractivity contribution in [2.24, 2.45) is 7.05 Å². The van der Waals surface area contributed by atoms with Gasteiger partial charge in [0.05, 0.1) is 11.0 Å². The zero-order valence-corrected chi connectivity index (χ0v) is 22.5. The quantitative estimate of drug-likeness (QED) is 0.228. The number of carbonyl (C=O) groups is 2. The number of rotatable bonds is 10. The SMILES string of the molecule is CCc1ccc(Nc2nc3cc(Oc4ccnc(C(=O)NCCNC(C)=O)c4)ccc3n2C)cc1C(C)C.[HH].[HH].[HH]. The molecule has 0 bridgehead atoms. The number of benzene rings is 2. The Morgan fingerprint density at radius 1 is 1.03 bits per heavy atom. The van der Waals surface area contributed by atoms with E-state index in [0.717, 1.165) is 29.1 Å². The Morgan fingerprint density at radius 3 is 2.53 bits per heavy atom. The second-order valence-corrected chi connectivity index (χ2v) is 9.41. The van der Waals surface area contributed by atoms with Crippen molar-refractivity contribution in [3.63, 3.8) is 0 Å². The average molecular weight is 521 g/mol. The minimum atomic E-state index is -0.343. The molecule has 0 radical (unpaired) electrons. The van der Waals surface area contributed by atoms with Crippen molar-refractivity contribution in [1.29, 1.82) is 0 Å². The number of hydrogen-bond acceptors (Lipinski definition) is 6. The van der Waals surface area contributed by atoms with E-state index in [9.17, 15) is 9.59 Å². The van der Waals surface area contributed by atoms with Crippen molar-refractivity contribution in [3.05, 3.63) is 71.5 Å². The van der Waals surface area contributed by atoms with Crippen LogP contribution in [0, 0.1) is 0 Å². The molecule has 2 heterocycles. The number of carbonyl (C=O) groups excluding carboxylic acids is 2. The molecule has 2 amide bonds. The van der Waals surface area contributed by atoms with Crippen molar-refractivity contribution < 1.29 is 18.6 Å². The lowest BCUT2D eigenvalue weighted by molar-refractivity contribution is -0.118. The van der Waals surface area contributed by atoms with Crippen molar-refractivity contribution in [2.75, 3.05) is 18.4 Å². The van der Waals surface area contributed by atoms with Crippen LogP contribution in [0.25, 0.3) is 11.0 Å². The van der Waals surface area contributed by atoms with Gasteiger partial charge >= 0.3 is 0 Å². The Balaban J connectivity index is 0.00000280. The summed E-state index contributed by atoms with van der Waals surface area (Å²) in [4.78, 5) is 32.3.